The van der Waals surface area contributed by atoms with Crippen LogP contribution in [0, 0.1) is 0 Å². The van der Waals surface area contributed by atoms with Gasteiger partial charge in [-0.2, -0.15) is 0 Å². The highest BCUT2D eigenvalue weighted by atomic mass is 16.5. The predicted octanol–water partition coefficient (Wildman–Crippen LogP) is 2.39. The maximum Gasteiger partial charge on any atom is 0.256 e. The molecule has 1 saturated heterocycles. The van der Waals surface area contributed by atoms with Gasteiger partial charge >= 0.3 is 0 Å². The molecule has 2 N–H and O–H groups in total. The van der Waals surface area contributed by atoms with Crippen LogP contribution in [-0.2, 0) is 9.53 Å². The van der Waals surface area contributed by atoms with Gasteiger partial charge in [0.05, 0.1) is 5.71 Å². The van der Waals surface area contributed by atoms with Crippen molar-refractivity contribution in [3.05, 3.63) is 29.8 Å². The Morgan fingerprint density at radius 1 is 1.42 bits per heavy atom. The molecule has 5 heteroatoms. The van der Waals surface area contributed by atoms with Gasteiger partial charge in [-0.25, -0.2) is 0 Å². The third-order valence-electron chi connectivity index (χ3n) is 3.41. The highest BCUT2D eigenvalue weighted by molar-refractivity contribution is 6.00. The lowest BCUT2D eigenvalue weighted by molar-refractivity contribution is -0.133. The van der Waals surface area contributed by atoms with Gasteiger partial charge in [-0.05, 0) is 44.4 Å². The van der Waals surface area contributed by atoms with Gasteiger partial charge in [0.15, 0.2) is 0 Å². The summed E-state index contributed by atoms with van der Waals surface area (Å²) in [4.78, 5) is 12.1. The molecule has 1 aromatic carbocycles. The molecule has 1 amide bonds. The van der Waals surface area contributed by atoms with Gasteiger partial charge < -0.3 is 15.3 Å². The Kier molecular flexibility index (Phi) is 3.85. The first-order valence-corrected chi connectivity index (χ1v) is 6.30. The predicted molar refractivity (Wildman–Crippen MR) is 72.7 cm³/mol. The number of rotatable bonds is 3. The first kappa shape index (κ1) is 13.5. The number of nitrogens with zero attached hydrogens (tertiary/aromatic N) is 1. The van der Waals surface area contributed by atoms with Crippen LogP contribution in [0.1, 0.15) is 32.3 Å². The van der Waals surface area contributed by atoms with Crippen LogP contribution in [0.25, 0.3) is 0 Å². The van der Waals surface area contributed by atoms with Crippen molar-refractivity contribution in [1.82, 2.24) is 0 Å². The van der Waals surface area contributed by atoms with E-state index in [1.807, 2.05) is 6.92 Å². The topological polar surface area (TPSA) is 70.9 Å². The molecule has 0 radical (unpaired) electrons. The molecule has 0 bridgehead atoms. The number of carbonyl (C=O) groups is 1. The maximum atomic E-state index is 12.1. The molecule has 0 aliphatic carbocycles. The van der Waals surface area contributed by atoms with Gasteiger partial charge in [0.2, 0.25) is 0 Å². The quantitative estimate of drug-likeness (QED) is 0.499. The maximum absolute atomic E-state index is 12.1. The largest absolute Gasteiger partial charge is 0.411 e. The number of anilines is 1. The molecule has 1 aliphatic heterocycles. The fourth-order valence-corrected chi connectivity index (χ4v) is 2.07. The Morgan fingerprint density at radius 2 is 2.11 bits per heavy atom. The van der Waals surface area contributed by atoms with Crippen molar-refractivity contribution in [1.29, 1.82) is 0 Å². The third kappa shape index (κ3) is 2.93. The molecule has 1 aromatic rings. The normalized spacial score (nSPS) is 23.4. The van der Waals surface area contributed by atoms with Gasteiger partial charge in [-0.3, -0.25) is 4.79 Å². The fraction of sp³-hybridized carbons (Fsp3) is 0.429. The molecule has 1 aliphatic rings. The molecule has 102 valence electrons. The van der Waals surface area contributed by atoms with Crippen LogP contribution in [0.3, 0.4) is 0 Å². The average molecular weight is 262 g/mol. The number of hydrogen-bond donors (Lipinski definition) is 2. The van der Waals surface area contributed by atoms with E-state index in [-0.39, 0.29) is 5.91 Å². The molecule has 19 heavy (non-hydrogen) atoms. The molecule has 1 heterocycles. The number of hydrogen-bond acceptors (Lipinski definition) is 4. The second-order valence-electron chi connectivity index (χ2n) is 4.90. The molecule has 0 spiro atoms. The summed E-state index contributed by atoms with van der Waals surface area (Å²) < 4.78 is 5.49. The lowest BCUT2D eigenvalue weighted by atomic mass is 10.0. The summed E-state index contributed by atoms with van der Waals surface area (Å²) in [7, 11) is 0. The minimum absolute atomic E-state index is 0.120. The first-order chi connectivity index (χ1) is 9.05. The van der Waals surface area contributed by atoms with Crippen molar-refractivity contribution in [2.24, 2.45) is 5.16 Å². The summed E-state index contributed by atoms with van der Waals surface area (Å²) in [5.74, 6) is -0.120. The van der Waals surface area contributed by atoms with Crippen molar-refractivity contribution in [2.75, 3.05) is 11.9 Å². The van der Waals surface area contributed by atoms with Crippen molar-refractivity contribution in [3.63, 3.8) is 0 Å². The van der Waals surface area contributed by atoms with E-state index in [2.05, 4.69) is 10.5 Å². The number of benzene rings is 1. The van der Waals surface area contributed by atoms with Gasteiger partial charge in [-0.1, -0.05) is 17.3 Å². The molecule has 0 saturated carbocycles. The highest BCUT2D eigenvalue weighted by Gasteiger charge is 2.37. The zero-order chi connectivity index (χ0) is 13.9. The number of oxime groups is 1. The van der Waals surface area contributed by atoms with Crippen LogP contribution in [0.15, 0.2) is 29.4 Å². The summed E-state index contributed by atoms with van der Waals surface area (Å²) in [6.07, 6.45) is 1.65. The van der Waals surface area contributed by atoms with Crippen LogP contribution in [0.4, 0.5) is 5.69 Å². The number of ether oxygens (including phenoxy) is 1. The van der Waals surface area contributed by atoms with Gasteiger partial charge in [0.25, 0.3) is 5.91 Å². The first-order valence-electron chi connectivity index (χ1n) is 6.30. The summed E-state index contributed by atoms with van der Waals surface area (Å²) in [6, 6.07) is 7.14. The van der Waals surface area contributed by atoms with E-state index in [1.54, 1.807) is 31.2 Å². The standard InChI is InChI=1S/C14H18N2O3/c1-10(16-18)11-4-6-12(7-5-11)15-13(17)14(2)8-3-9-19-14/h4-7,18H,3,8-9H2,1-2H3,(H,15,17). The smallest absolute Gasteiger partial charge is 0.256 e. The van der Waals surface area contributed by atoms with Crippen molar-refractivity contribution >= 4 is 17.3 Å². The summed E-state index contributed by atoms with van der Waals surface area (Å²) in [6.45, 7) is 4.16. The Hall–Kier alpha value is -1.88. The monoisotopic (exact) mass is 262 g/mol. The van der Waals surface area contributed by atoms with E-state index in [0.717, 1.165) is 18.4 Å². The molecule has 5 nitrogen and oxygen atoms in total. The van der Waals surface area contributed by atoms with Gasteiger partial charge in [0.1, 0.15) is 5.60 Å². The van der Waals surface area contributed by atoms with Crippen LogP contribution >= 0.6 is 0 Å². The van der Waals surface area contributed by atoms with E-state index in [1.165, 1.54) is 0 Å². The lowest BCUT2D eigenvalue weighted by Gasteiger charge is -2.21. The highest BCUT2D eigenvalue weighted by Crippen LogP contribution is 2.26. The Balaban J connectivity index is 2.05. The number of carbonyl (C=O) groups excluding carboxylic acids is 1. The second-order valence-corrected chi connectivity index (χ2v) is 4.90. The number of amides is 1. The molecule has 1 unspecified atom stereocenters. The van der Waals surface area contributed by atoms with E-state index in [0.29, 0.717) is 18.0 Å². The van der Waals surface area contributed by atoms with Crippen molar-refractivity contribution in [3.8, 4) is 0 Å². The van der Waals surface area contributed by atoms with E-state index in [9.17, 15) is 4.79 Å². The van der Waals surface area contributed by atoms with E-state index in [4.69, 9.17) is 9.94 Å². The van der Waals surface area contributed by atoms with Crippen LogP contribution < -0.4 is 5.32 Å². The minimum atomic E-state index is -0.721. The SMILES string of the molecule is CC(=NO)c1ccc(NC(=O)C2(C)CCCO2)cc1. The Morgan fingerprint density at radius 3 is 2.63 bits per heavy atom. The molecular formula is C14H18N2O3. The van der Waals surface area contributed by atoms with E-state index < -0.39 is 5.60 Å². The van der Waals surface area contributed by atoms with Gasteiger partial charge in [-0.15, -0.1) is 0 Å². The molecule has 2 rings (SSSR count). The Labute approximate surface area is 112 Å². The van der Waals surface area contributed by atoms with Crippen molar-refractivity contribution in [2.45, 2.75) is 32.3 Å². The van der Waals surface area contributed by atoms with Crippen LogP contribution in [0.5, 0.6) is 0 Å². The van der Waals surface area contributed by atoms with E-state index >= 15 is 0 Å². The summed E-state index contributed by atoms with van der Waals surface area (Å²) in [5, 5.41) is 14.7. The fourth-order valence-electron chi connectivity index (χ4n) is 2.07. The third-order valence-corrected chi connectivity index (χ3v) is 3.41. The molecule has 1 atom stereocenters. The Bertz CT molecular complexity index is 488. The average Bonchev–Trinajstić information content (AvgIpc) is 2.87. The van der Waals surface area contributed by atoms with Crippen LogP contribution in [0.2, 0.25) is 0 Å². The zero-order valence-corrected chi connectivity index (χ0v) is 11.1. The zero-order valence-electron chi connectivity index (χ0n) is 11.1. The van der Waals surface area contributed by atoms with Gasteiger partial charge in [0, 0.05) is 12.3 Å². The molecular weight excluding hydrogens is 244 g/mol. The lowest BCUT2D eigenvalue weighted by Crippen LogP contribution is -2.39. The van der Waals surface area contributed by atoms with Crippen LogP contribution in [-0.4, -0.2) is 29.0 Å². The minimum Gasteiger partial charge on any atom is -0.411 e. The molecule has 1 fully saturated rings. The summed E-state index contributed by atoms with van der Waals surface area (Å²) >= 11 is 0. The second kappa shape index (κ2) is 5.40. The summed E-state index contributed by atoms with van der Waals surface area (Å²) in [5.41, 5.74) is 1.32. The molecule has 0 aromatic heterocycles. The van der Waals surface area contributed by atoms with Crippen molar-refractivity contribution < 1.29 is 14.7 Å². The number of nitrogens with one attached hydrogen (secondary N) is 1.